The topological polar surface area (TPSA) is 34.0 Å². The van der Waals surface area contributed by atoms with Crippen molar-refractivity contribution in [3.05, 3.63) is 172 Å². The molecule has 250 valence electrons. The molecule has 0 saturated carbocycles. The molecule has 49 heavy (non-hydrogen) atoms. The third kappa shape index (κ3) is 6.15. The molecule has 0 spiro atoms. The van der Waals surface area contributed by atoms with Crippen LogP contribution < -0.4 is 15.7 Å². The molecule has 6 rings (SSSR count). The number of nitrogens with zero attached hydrogens (tertiary/aromatic N) is 2. The molecule has 1 atom stereocenters. The van der Waals surface area contributed by atoms with E-state index in [2.05, 4.69) is 196 Å². The first-order valence-electron chi connectivity index (χ1n) is 17.3. The van der Waals surface area contributed by atoms with Crippen LogP contribution in [0.3, 0.4) is 0 Å². The first kappa shape index (κ1) is 34.7. The maximum Gasteiger partial charge on any atom is 0.319 e. The Kier molecular flexibility index (Phi) is 9.43. The molecule has 0 radical (unpaired) electrons. The molecule has 5 aromatic carbocycles. The molecule has 0 fully saturated rings. The summed E-state index contributed by atoms with van der Waals surface area (Å²) in [6.45, 7) is 20.6. The van der Waals surface area contributed by atoms with Crippen LogP contribution in [0, 0.1) is 26.2 Å². The van der Waals surface area contributed by atoms with Crippen molar-refractivity contribution in [2.75, 3.05) is 0 Å². The predicted molar refractivity (Wildman–Crippen MR) is 211 cm³/mol. The van der Waals surface area contributed by atoms with E-state index in [1.165, 1.54) is 32.4 Å². The molecule has 3 nitrogen and oxygen atoms in total. The fourth-order valence-corrected chi connectivity index (χ4v) is 15.6. The fraction of sp³-hybridized carbons (Fsp3) is 0.273. The molecule has 5 aromatic rings. The Morgan fingerprint density at radius 3 is 1.41 bits per heavy atom. The number of allylic oxidation sites excluding steroid dienone is 1. The average Bonchev–Trinajstić information content (AvgIpc) is 3.45. The second kappa shape index (κ2) is 13.3. The van der Waals surface area contributed by atoms with Crippen LogP contribution in [0.2, 0.25) is 5.04 Å². The maximum atomic E-state index is 8.02. The van der Waals surface area contributed by atoms with Crippen LogP contribution in [0.25, 0.3) is 0 Å². The maximum absolute atomic E-state index is 8.02. The lowest BCUT2D eigenvalue weighted by Gasteiger charge is -2.46. The van der Waals surface area contributed by atoms with Crippen molar-refractivity contribution in [2.45, 2.75) is 72.6 Å². The summed E-state index contributed by atoms with van der Waals surface area (Å²) < 4.78 is 8.02. The minimum Gasteiger partial charge on any atom is -0.535 e. The summed E-state index contributed by atoms with van der Waals surface area (Å²) in [4.78, 5) is 0. The highest BCUT2D eigenvalue weighted by molar-refractivity contribution is 7.71. The standard InChI is InChI=1S/C44H49N2OPSi/c1-32-30-33(2)39(34(3)31-32)48-41(45-46-44(48,35-22-14-10-15-23-35)36-24-16-11-17-25-36)40(42(4,5)6)47-49(43(7,8)9,37-26-18-12-19-27-37)38-28-20-13-21-29-38/h10-31H,1-9H3/b41-40+. The highest BCUT2D eigenvalue weighted by Crippen LogP contribution is 2.71. The molecule has 0 bridgehead atoms. The van der Waals surface area contributed by atoms with Crippen molar-refractivity contribution in [3.8, 4) is 0 Å². The summed E-state index contributed by atoms with van der Waals surface area (Å²) in [6, 6.07) is 48.1. The second-order valence-electron chi connectivity index (χ2n) is 15.4. The van der Waals surface area contributed by atoms with E-state index < -0.39 is 21.5 Å². The van der Waals surface area contributed by atoms with Crippen LogP contribution in [0.1, 0.15) is 69.4 Å². The Morgan fingerprint density at radius 1 is 0.612 bits per heavy atom. The molecule has 1 unspecified atom stereocenters. The van der Waals surface area contributed by atoms with Gasteiger partial charge in [0.05, 0.1) is 0 Å². The molecular weight excluding hydrogens is 632 g/mol. The summed E-state index contributed by atoms with van der Waals surface area (Å²) in [5, 5.41) is 13.7. The Hall–Kier alpha value is -4.11. The Bertz CT molecular complexity index is 1870. The third-order valence-corrected chi connectivity index (χ3v) is 17.6. The minimum atomic E-state index is -3.01. The summed E-state index contributed by atoms with van der Waals surface area (Å²) in [5.41, 5.74) is 6.67. The summed E-state index contributed by atoms with van der Waals surface area (Å²) in [5.74, 6) is 0.935. The second-order valence-corrected chi connectivity index (χ2v) is 21.8. The summed E-state index contributed by atoms with van der Waals surface area (Å²) in [6.07, 6.45) is 0. The van der Waals surface area contributed by atoms with Crippen LogP contribution >= 0.6 is 7.92 Å². The predicted octanol–water partition coefficient (Wildman–Crippen LogP) is 10.9. The minimum absolute atomic E-state index is 0.211. The van der Waals surface area contributed by atoms with E-state index in [-0.39, 0.29) is 10.5 Å². The van der Waals surface area contributed by atoms with Gasteiger partial charge >= 0.3 is 8.32 Å². The molecule has 0 amide bonds. The zero-order chi connectivity index (χ0) is 35.0. The van der Waals surface area contributed by atoms with Crippen molar-refractivity contribution in [1.29, 1.82) is 0 Å². The number of hydrogen-bond acceptors (Lipinski definition) is 3. The van der Waals surface area contributed by atoms with Crippen LogP contribution in [0.5, 0.6) is 0 Å². The zero-order valence-corrected chi connectivity index (χ0v) is 32.3. The highest BCUT2D eigenvalue weighted by atomic mass is 31.1. The number of benzene rings is 5. The Labute approximate surface area is 296 Å². The van der Waals surface area contributed by atoms with Gasteiger partial charge in [-0.05, 0) is 63.7 Å². The lowest BCUT2D eigenvalue weighted by molar-refractivity contribution is 0.278. The summed E-state index contributed by atoms with van der Waals surface area (Å²) in [7, 11) is -4.26. The van der Waals surface area contributed by atoms with Gasteiger partial charge in [-0.25, -0.2) is 0 Å². The van der Waals surface area contributed by atoms with E-state index >= 15 is 0 Å². The fourth-order valence-electron chi connectivity index (χ4n) is 7.52. The largest absolute Gasteiger partial charge is 0.535 e. The third-order valence-electron chi connectivity index (χ3n) is 9.59. The van der Waals surface area contributed by atoms with Crippen LogP contribution in [0.4, 0.5) is 0 Å². The normalized spacial score (nSPS) is 17.2. The molecule has 5 heteroatoms. The van der Waals surface area contributed by atoms with Gasteiger partial charge in [0.2, 0.25) is 0 Å². The Morgan fingerprint density at radius 2 is 1.02 bits per heavy atom. The van der Waals surface area contributed by atoms with Gasteiger partial charge in [-0.3, -0.25) is 0 Å². The number of hydrogen-bond donors (Lipinski definition) is 0. The van der Waals surface area contributed by atoms with Gasteiger partial charge < -0.3 is 4.43 Å². The molecule has 0 saturated heterocycles. The molecule has 1 aliphatic rings. The molecule has 0 N–H and O–H groups in total. The van der Waals surface area contributed by atoms with Crippen LogP contribution in [0.15, 0.2) is 155 Å². The first-order chi connectivity index (χ1) is 23.3. The summed E-state index contributed by atoms with van der Waals surface area (Å²) >= 11 is 0. The van der Waals surface area contributed by atoms with E-state index in [4.69, 9.17) is 14.7 Å². The van der Waals surface area contributed by atoms with Crippen molar-refractivity contribution in [1.82, 2.24) is 0 Å². The quantitative estimate of drug-likeness (QED) is 0.0957. The molecule has 0 aliphatic carbocycles. The van der Waals surface area contributed by atoms with Crippen molar-refractivity contribution >= 4 is 31.9 Å². The number of rotatable bonds is 7. The molecule has 0 aromatic heterocycles. The van der Waals surface area contributed by atoms with Gasteiger partial charge in [0, 0.05) is 13.3 Å². The smallest absolute Gasteiger partial charge is 0.319 e. The van der Waals surface area contributed by atoms with Crippen LogP contribution in [-0.2, 0) is 9.71 Å². The van der Waals surface area contributed by atoms with E-state index in [1.54, 1.807) is 0 Å². The van der Waals surface area contributed by atoms with Gasteiger partial charge in [0.1, 0.15) is 11.2 Å². The van der Waals surface area contributed by atoms with Crippen molar-refractivity contribution in [2.24, 2.45) is 15.6 Å². The van der Waals surface area contributed by atoms with Gasteiger partial charge in [-0.2, -0.15) is 10.2 Å². The van der Waals surface area contributed by atoms with Crippen LogP contribution in [-0.4, -0.2) is 8.32 Å². The van der Waals surface area contributed by atoms with Gasteiger partial charge in [0.15, 0.2) is 5.28 Å². The lowest BCUT2D eigenvalue weighted by Crippen LogP contribution is -2.66. The first-order valence-corrected chi connectivity index (χ1v) is 20.5. The van der Waals surface area contributed by atoms with Gasteiger partial charge in [0.25, 0.3) is 0 Å². The van der Waals surface area contributed by atoms with E-state index in [0.717, 1.165) is 22.3 Å². The van der Waals surface area contributed by atoms with E-state index in [9.17, 15) is 0 Å². The number of azo groups is 1. The SMILES string of the molecule is Cc1cc(C)c(P2/C(=C(/O[Si](c3ccccc3)(c3ccccc3)C(C)(C)C)C(C)(C)C)N=NC2(c2ccccc2)c2ccccc2)c(C)c1. The van der Waals surface area contributed by atoms with Gasteiger partial charge in [-0.1, -0.05) is 181 Å². The molecule has 1 aliphatic heterocycles. The van der Waals surface area contributed by atoms with E-state index in [1.807, 2.05) is 0 Å². The Balaban J connectivity index is 1.75. The van der Waals surface area contributed by atoms with Gasteiger partial charge in [-0.15, -0.1) is 0 Å². The monoisotopic (exact) mass is 680 g/mol. The van der Waals surface area contributed by atoms with Crippen molar-refractivity contribution in [3.63, 3.8) is 0 Å². The van der Waals surface area contributed by atoms with E-state index in [0.29, 0.717) is 0 Å². The molecule has 1 heterocycles. The highest BCUT2D eigenvalue weighted by Gasteiger charge is 2.56. The van der Waals surface area contributed by atoms with Crippen molar-refractivity contribution < 1.29 is 4.43 Å². The lowest BCUT2D eigenvalue weighted by atomic mass is 9.94. The zero-order valence-electron chi connectivity index (χ0n) is 30.5. The average molecular weight is 681 g/mol. The number of aryl methyl sites for hydroxylation is 3. The molecular formula is C44H49N2OPSi.